The average molecular weight is 345 g/mol. The summed E-state index contributed by atoms with van der Waals surface area (Å²) in [7, 11) is 2.16. The summed E-state index contributed by atoms with van der Waals surface area (Å²) in [5, 5.41) is 0. The Morgan fingerprint density at radius 2 is 2.05 bits per heavy atom. The quantitative estimate of drug-likeness (QED) is 0.780. The van der Waals surface area contributed by atoms with Crippen LogP contribution in [0.15, 0.2) is 18.5 Å². The van der Waals surface area contributed by atoms with Crippen LogP contribution in [0.2, 0.25) is 0 Å². The molecule has 1 fully saturated rings. The fourth-order valence-corrected chi connectivity index (χ4v) is 2.21. The van der Waals surface area contributed by atoms with Crippen LogP contribution in [0, 0.1) is 17.3 Å². The minimum absolute atomic E-state index is 0. The molecule has 0 aromatic carbocycles. The molecule has 1 aromatic rings. The van der Waals surface area contributed by atoms with Crippen LogP contribution in [0.1, 0.15) is 39.2 Å². The zero-order valence-corrected chi connectivity index (χ0v) is 15.4. The minimum Gasteiger partial charge on any atom is -0.490 e. The van der Waals surface area contributed by atoms with Gasteiger partial charge in [-0.1, -0.05) is 11.8 Å². The monoisotopic (exact) mass is 344 g/mol. The third-order valence-corrected chi connectivity index (χ3v) is 3.41. The Labute approximate surface area is 146 Å². The van der Waals surface area contributed by atoms with E-state index in [2.05, 4.69) is 49.5 Å². The van der Waals surface area contributed by atoms with Crippen LogP contribution in [0.4, 0.5) is 0 Å². The van der Waals surface area contributed by atoms with Crippen molar-refractivity contribution in [2.75, 3.05) is 20.2 Å². The van der Waals surface area contributed by atoms with E-state index in [0.29, 0.717) is 6.04 Å². The second kappa shape index (κ2) is 9.25. The van der Waals surface area contributed by atoms with Gasteiger partial charge in [0.15, 0.2) is 0 Å². The molecular formula is C17H26Cl2N2O. The summed E-state index contributed by atoms with van der Waals surface area (Å²) in [4.78, 5) is 6.57. The molecule has 0 saturated carbocycles. The first-order chi connectivity index (χ1) is 9.44. The molecular weight excluding hydrogens is 319 g/mol. The van der Waals surface area contributed by atoms with E-state index in [1.165, 1.54) is 19.4 Å². The van der Waals surface area contributed by atoms with E-state index in [-0.39, 0.29) is 30.2 Å². The molecule has 0 aliphatic carbocycles. The van der Waals surface area contributed by atoms with Gasteiger partial charge in [-0.3, -0.25) is 4.98 Å². The Kier molecular flexibility index (Phi) is 8.85. The lowest BCUT2D eigenvalue weighted by molar-refractivity contribution is 0.198. The van der Waals surface area contributed by atoms with Gasteiger partial charge in [-0.25, -0.2) is 0 Å². The lowest BCUT2D eigenvalue weighted by atomic mass is 9.97. The first-order valence-corrected chi connectivity index (χ1v) is 7.25. The number of rotatable bonds is 3. The molecule has 1 aliphatic heterocycles. The van der Waals surface area contributed by atoms with Crippen molar-refractivity contribution in [2.45, 2.75) is 39.7 Å². The summed E-state index contributed by atoms with van der Waals surface area (Å²) in [5.41, 5.74) is 0.917. The van der Waals surface area contributed by atoms with Crippen LogP contribution in [-0.4, -0.2) is 36.1 Å². The molecule has 0 unspecified atom stereocenters. The smallest absolute Gasteiger partial charge is 0.138 e. The van der Waals surface area contributed by atoms with Crippen LogP contribution in [0.3, 0.4) is 0 Å². The van der Waals surface area contributed by atoms with Gasteiger partial charge in [-0.05, 0) is 53.3 Å². The molecule has 5 heteroatoms. The largest absolute Gasteiger partial charge is 0.490 e. The number of ether oxygens (including phenoxy) is 1. The summed E-state index contributed by atoms with van der Waals surface area (Å²) < 4.78 is 5.86. The summed E-state index contributed by atoms with van der Waals surface area (Å²) in [5.74, 6) is 7.19. The highest BCUT2D eigenvalue weighted by molar-refractivity contribution is 5.85. The maximum absolute atomic E-state index is 5.86. The normalized spacial score (nSPS) is 17.7. The fourth-order valence-electron chi connectivity index (χ4n) is 2.21. The number of hydrogen-bond donors (Lipinski definition) is 0. The molecule has 0 N–H and O–H groups in total. The van der Waals surface area contributed by atoms with E-state index in [1.807, 2.05) is 6.07 Å². The van der Waals surface area contributed by atoms with E-state index in [0.717, 1.165) is 17.9 Å². The van der Waals surface area contributed by atoms with E-state index in [1.54, 1.807) is 12.4 Å². The van der Waals surface area contributed by atoms with E-state index < -0.39 is 0 Å². The molecule has 22 heavy (non-hydrogen) atoms. The Bertz CT molecular complexity index is 517. The lowest BCUT2D eigenvalue weighted by Crippen LogP contribution is -2.30. The molecule has 1 saturated heterocycles. The summed E-state index contributed by atoms with van der Waals surface area (Å²) in [6, 6.07) is 2.50. The molecule has 0 spiro atoms. The topological polar surface area (TPSA) is 25.4 Å². The minimum atomic E-state index is 0. The van der Waals surface area contributed by atoms with Crippen molar-refractivity contribution >= 4 is 24.8 Å². The van der Waals surface area contributed by atoms with Gasteiger partial charge in [-0.2, -0.15) is 0 Å². The van der Waals surface area contributed by atoms with Gasteiger partial charge < -0.3 is 9.64 Å². The van der Waals surface area contributed by atoms with Crippen molar-refractivity contribution in [3.05, 3.63) is 24.0 Å². The zero-order valence-electron chi connectivity index (χ0n) is 13.8. The van der Waals surface area contributed by atoms with Crippen LogP contribution >= 0.6 is 24.8 Å². The number of aromatic nitrogens is 1. The second-order valence-electron chi connectivity index (χ2n) is 6.50. The SMILES string of the molecule is CN1CCC[C@H]1COc1cncc(C#CC(C)(C)C)c1.Cl.Cl. The van der Waals surface area contributed by atoms with Gasteiger partial charge in [0.2, 0.25) is 0 Å². The average Bonchev–Trinajstić information content (AvgIpc) is 2.79. The predicted octanol–water partition coefficient (Wildman–Crippen LogP) is 3.80. The van der Waals surface area contributed by atoms with E-state index in [9.17, 15) is 0 Å². The number of halogens is 2. The molecule has 1 aromatic heterocycles. The number of hydrogen-bond acceptors (Lipinski definition) is 3. The third-order valence-electron chi connectivity index (χ3n) is 3.41. The number of pyridine rings is 1. The molecule has 2 heterocycles. The van der Waals surface area contributed by atoms with E-state index in [4.69, 9.17) is 4.74 Å². The fraction of sp³-hybridized carbons (Fsp3) is 0.588. The standard InChI is InChI=1S/C17H24N2O.2ClH/c1-17(2,3)8-7-14-10-16(12-18-11-14)20-13-15-6-5-9-19(15)4;;/h10-12,15H,5-6,9,13H2,1-4H3;2*1H/t15-;;/m0../s1. The summed E-state index contributed by atoms with van der Waals surface area (Å²) >= 11 is 0. The molecule has 0 bridgehead atoms. The summed E-state index contributed by atoms with van der Waals surface area (Å²) in [6.45, 7) is 8.20. The molecule has 1 aliphatic rings. The van der Waals surface area contributed by atoms with Crippen LogP contribution in [0.25, 0.3) is 0 Å². The first-order valence-electron chi connectivity index (χ1n) is 7.25. The van der Waals surface area contributed by atoms with Gasteiger partial charge in [0.1, 0.15) is 12.4 Å². The Morgan fingerprint density at radius 1 is 1.32 bits per heavy atom. The van der Waals surface area contributed by atoms with Crippen molar-refractivity contribution in [1.29, 1.82) is 0 Å². The molecule has 0 amide bonds. The Morgan fingerprint density at radius 3 is 2.64 bits per heavy atom. The van der Waals surface area contributed by atoms with Gasteiger partial charge >= 0.3 is 0 Å². The molecule has 0 radical (unpaired) electrons. The maximum atomic E-state index is 5.86. The number of likely N-dealkylation sites (N-methyl/N-ethyl adjacent to an activating group) is 1. The highest BCUT2D eigenvalue weighted by Gasteiger charge is 2.21. The van der Waals surface area contributed by atoms with Gasteiger partial charge in [0, 0.05) is 23.2 Å². The predicted molar refractivity (Wildman–Crippen MR) is 96.2 cm³/mol. The van der Waals surface area contributed by atoms with Gasteiger partial charge in [0.05, 0.1) is 6.20 Å². The van der Waals surface area contributed by atoms with Crippen molar-refractivity contribution in [3.8, 4) is 17.6 Å². The van der Waals surface area contributed by atoms with Crippen molar-refractivity contribution in [1.82, 2.24) is 9.88 Å². The highest BCUT2D eigenvalue weighted by atomic mass is 35.5. The Balaban J connectivity index is 0.00000220. The molecule has 3 nitrogen and oxygen atoms in total. The molecule has 124 valence electrons. The van der Waals surface area contributed by atoms with Crippen molar-refractivity contribution in [3.63, 3.8) is 0 Å². The van der Waals surface area contributed by atoms with Crippen molar-refractivity contribution in [2.24, 2.45) is 5.41 Å². The second-order valence-corrected chi connectivity index (χ2v) is 6.50. The number of likely N-dealkylation sites (tertiary alicyclic amines) is 1. The first kappa shape index (κ1) is 21.0. The molecule has 1 atom stereocenters. The van der Waals surface area contributed by atoms with Crippen LogP contribution in [-0.2, 0) is 0 Å². The highest BCUT2D eigenvalue weighted by Crippen LogP contribution is 2.18. The van der Waals surface area contributed by atoms with E-state index >= 15 is 0 Å². The number of nitrogens with zero attached hydrogens (tertiary/aromatic N) is 2. The lowest BCUT2D eigenvalue weighted by Gasteiger charge is -2.19. The Hall–Kier alpha value is -0.950. The third kappa shape index (κ3) is 6.87. The van der Waals surface area contributed by atoms with Crippen LogP contribution in [0.5, 0.6) is 5.75 Å². The molecule has 2 rings (SSSR count). The maximum Gasteiger partial charge on any atom is 0.138 e. The summed E-state index contributed by atoms with van der Waals surface area (Å²) in [6.07, 6.45) is 6.03. The van der Waals surface area contributed by atoms with Crippen LogP contribution < -0.4 is 4.74 Å². The van der Waals surface area contributed by atoms with Gasteiger partial charge in [-0.15, -0.1) is 24.8 Å². The van der Waals surface area contributed by atoms with Crippen molar-refractivity contribution < 1.29 is 4.74 Å². The zero-order chi connectivity index (χ0) is 14.6. The van der Waals surface area contributed by atoms with Gasteiger partial charge in [0.25, 0.3) is 0 Å².